The van der Waals surface area contributed by atoms with E-state index in [1.54, 1.807) is 13.8 Å². The molecule has 0 saturated carbocycles. The topological polar surface area (TPSA) is 66.4 Å². The average Bonchev–Trinajstić information content (AvgIpc) is 2.13. The number of benzene rings is 1. The Morgan fingerprint density at radius 3 is 2.17 bits per heavy atom. The van der Waals surface area contributed by atoms with Crippen molar-refractivity contribution in [2.24, 2.45) is 0 Å². The molecule has 2 unspecified atom stereocenters. The third kappa shape index (κ3) is 4.74. The first kappa shape index (κ1) is 15.7. The molecule has 0 bridgehead atoms. The number of aliphatic hydroxyl groups excluding tert-OH is 1. The lowest BCUT2D eigenvalue weighted by Gasteiger charge is -2.15. The van der Waals surface area contributed by atoms with Gasteiger partial charge in [-0.1, -0.05) is 23.2 Å². The van der Waals surface area contributed by atoms with Gasteiger partial charge in [0.1, 0.15) is 0 Å². The van der Waals surface area contributed by atoms with Gasteiger partial charge in [0.15, 0.2) is 0 Å². The molecule has 0 heterocycles. The maximum Gasteiger partial charge on any atom is 0.240 e. The van der Waals surface area contributed by atoms with Gasteiger partial charge in [0.2, 0.25) is 10.0 Å². The van der Waals surface area contributed by atoms with E-state index in [1.165, 1.54) is 18.2 Å². The second kappa shape index (κ2) is 6.21. The molecule has 0 aliphatic heterocycles. The number of hydrogen-bond donors (Lipinski definition) is 2. The zero-order chi connectivity index (χ0) is 13.9. The zero-order valence-corrected chi connectivity index (χ0v) is 12.4. The van der Waals surface area contributed by atoms with Gasteiger partial charge < -0.3 is 5.11 Å². The lowest BCUT2D eigenvalue weighted by Crippen LogP contribution is -2.34. The predicted molar refractivity (Wildman–Crippen MR) is 72.5 cm³/mol. The summed E-state index contributed by atoms with van der Waals surface area (Å²) in [5, 5.41) is 9.71. The van der Waals surface area contributed by atoms with Gasteiger partial charge in [-0.05, 0) is 38.5 Å². The van der Waals surface area contributed by atoms with Crippen LogP contribution in [-0.4, -0.2) is 25.7 Å². The number of hydrogen-bond acceptors (Lipinski definition) is 3. The fraction of sp³-hybridized carbons (Fsp3) is 0.455. The number of nitrogens with one attached hydrogen (secondary N) is 1. The molecule has 1 aromatic carbocycles. The third-order valence-corrected chi connectivity index (χ3v) is 4.20. The van der Waals surface area contributed by atoms with Crippen molar-refractivity contribution in [2.75, 3.05) is 0 Å². The van der Waals surface area contributed by atoms with Gasteiger partial charge >= 0.3 is 0 Å². The Balaban J connectivity index is 2.92. The molecule has 0 aromatic heterocycles. The highest BCUT2D eigenvalue weighted by Gasteiger charge is 2.19. The summed E-state index contributed by atoms with van der Waals surface area (Å²) in [5.41, 5.74) is 0. The van der Waals surface area contributed by atoms with Crippen molar-refractivity contribution in [2.45, 2.75) is 37.3 Å². The van der Waals surface area contributed by atoms with Crippen molar-refractivity contribution in [3.8, 4) is 0 Å². The van der Waals surface area contributed by atoms with Crippen molar-refractivity contribution in [1.82, 2.24) is 4.72 Å². The number of sulfonamides is 1. The standard InChI is InChI=1S/C11H15Cl2NO3S/c1-7(3-8(2)15)14-18(16,17)11-5-9(12)4-10(13)6-11/h4-8,14-15H,3H2,1-2H3. The molecule has 0 fully saturated rings. The molecular weight excluding hydrogens is 297 g/mol. The van der Waals surface area contributed by atoms with E-state index >= 15 is 0 Å². The fourth-order valence-electron chi connectivity index (χ4n) is 1.58. The van der Waals surface area contributed by atoms with Crippen LogP contribution in [0.4, 0.5) is 0 Å². The molecule has 1 rings (SSSR count). The second-order valence-electron chi connectivity index (χ2n) is 4.21. The van der Waals surface area contributed by atoms with Crippen LogP contribution in [0.5, 0.6) is 0 Å². The quantitative estimate of drug-likeness (QED) is 0.877. The number of rotatable bonds is 5. The minimum absolute atomic E-state index is 0.0115. The van der Waals surface area contributed by atoms with E-state index in [0.29, 0.717) is 6.42 Å². The Hall–Kier alpha value is -0.330. The molecule has 0 radical (unpaired) electrons. The van der Waals surface area contributed by atoms with Crippen LogP contribution < -0.4 is 4.72 Å². The molecule has 4 nitrogen and oxygen atoms in total. The lowest BCUT2D eigenvalue weighted by atomic mass is 10.2. The van der Waals surface area contributed by atoms with Gasteiger partial charge in [0, 0.05) is 16.1 Å². The van der Waals surface area contributed by atoms with Gasteiger partial charge in [0.05, 0.1) is 11.0 Å². The molecule has 2 N–H and O–H groups in total. The normalized spacial score (nSPS) is 15.4. The van der Waals surface area contributed by atoms with Crippen LogP contribution >= 0.6 is 23.2 Å². The van der Waals surface area contributed by atoms with Crippen molar-refractivity contribution in [1.29, 1.82) is 0 Å². The highest BCUT2D eigenvalue weighted by atomic mass is 35.5. The second-order valence-corrected chi connectivity index (χ2v) is 6.80. The van der Waals surface area contributed by atoms with E-state index in [9.17, 15) is 13.5 Å². The molecule has 2 atom stereocenters. The van der Waals surface area contributed by atoms with Crippen LogP contribution in [0.25, 0.3) is 0 Å². The van der Waals surface area contributed by atoms with Gasteiger partial charge in [-0.3, -0.25) is 0 Å². The monoisotopic (exact) mass is 311 g/mol. The predicted octanol–water partition coefficient (Wildman–Crippen LogP) is 2.43. The molecule has 0 spiro atoms. The molecule has 0 aliphatic carbocycles. The summed E-state index contributed by atoms with van der Waals surface area (Å²) in [6, 6.07) is 3.73. The smallest absolute Gasteiger partial charge is 0.240 e. The molecule has 0 saturated heterocycles. The molecule has 0 amide bonds. The van der Waals surface area contributed by atoms with E-state index in [-0.39, 0.29) is 21.0 Å². The average molecular weight is 312 g/mol. The number of halogens is 2. The SMILES string of the molecule is CC(O)CC(C)NS(=O)(=O)c1cc(Cl)cc(Cl)c1. The van der Waals surface area contributed by atoms with Gasteiger partial charge in [-0.25, -0.2) is 13.1 Å². The van der Waals surface area contributed by atoms with E-state index in [2.05, 4.69) is 4.72 Å². The van der Waals surface area contributed by atoms with E-state index < -0.39 is 16.1 Å². The van der Waals surface area contributed by atoms with Crippen LogP contribution in [-0.2, 0) is 10.0 Å². The number of aliphatic hydroxyl groups is 1. The van der Waals surface area contributed by atoms with Crippen molar-refractivity contribution in [3.63, 3.8) is 0 Å². The molecule has 1 aromatic rings. The van der Waals surface area contributed by atoms with Crippen LogP contribution in [0.2, 0.25) is 10.0 Å². The minimum Gasteiger partial charge on any atom is -0.393 e. The summed E-state index contributed by atoms with van der Waals surface area (Å²) < 4.78 is 26.5. The molecule has 102 valence electrons. The zero-order valence-electron chi connectivity index (χ0n) is 10.0. The maximum absolute atomic E-state index is 12.0. The Bertz CT molecular complexity index is 497. The lowest BCUT2D eigenvalue weighted by molar-refractivity contribution is 0.175. The van der Waals surface area contributed by atoms with E-state index in [4.69, 9.17) is 23.2 Å². The fourth-order valence-corrected chi connectivity index (χ4v) is 3.56. The van der Waals surface area contributed by atoms with Crippen molar-refractivity contribution in [3.05, 3.63) is 28.2 Å². The van der Waals surface area contributed by atoms with Gasteiger partial charge in [-0.15, -0.1) is 0 Å². The summed E-state index contributed by atoms with van der Waals surface area (Å²) in [4.78, 5) is 0.0115. The summed E-state index contributed by atoms with van der Waals surface area (Å²) in [6.07, 6.45) is -0.251. The summed E-state index contributed by atoms with van der Waals surface area (Å²) in [5.74, 6) is 0. The summed E-state index contributed by atoms with van der Waals surface area (Å²) >= 11 is 11.5. The van der Waals surface area contributed by atoms with Gasteiger partial charge in [0.25, 0.3) is 0 Å². The Morgan fingerprint density at radius 2 is 1.72 bits per heavy atom. The minimum atomic E-state index is -3.68. The van der Waals surface area contributed by atoms with Gasteiger partial charge in [-0.2, -0.15) is 0 Å². The summed E-state index contributed by atoms with van der Waals surface area (Å²) in [6.45, 7) is 3.28. The van der Waals surface area contributed by atoms with Crippen LogP contribution in [0.3, 0.4) is 0 Å². The first-order valence-electron chi connectivity index (χ1n) is 5.37. The molecule has 18 heavy (non-hydrogen) atoms. The third-order valence-electron chi connectivity index (χ3n) is 2.20. The molecule has 7 heteroatoms. The highest BCUT2D eigenvalue weighted by Crippen LogP contribution is 2.22. The van der Waals surface area contributed by atoms with Crippen molar-refractivity contribution < 1.29 is 13.5 Å². The first-order valence-corrected chi connectivity index (χ1v) is 7.61. The molecular formula is C11H15Cl2NO3S. The van der Waals surface area contributed by atoms with Crippen LogP contribution in [0.15, 0.2) is 23.1 Å². The first-order chi connectivity index (χ1) is 8.20. The van der Waals surface area contributed by atoms with Crippen molar-refractivity contribution >= 4 is 33.2 Å². The summed E-state index contributed by atoms with van der Waals surface area (Å²) in [7, 11) is -3.68. The van der Waals surface area contributed by atoms with Crippen LogP contribution in [0, 0.1) is 0 Å². The Labute approximate surface area is 117 Å². The maximum atomic E-state index is 12.0. The van der Waals surface area contributed by atoms with Crippen LogP contribution in [0.1, 0.15) is 20.3 Å². The largest absolute Gasteiger partial charge is 0.393 e. The Kier molecular flexibility index (Phi) is 5.43. The molecule has 0 aliphatic rings. The van der Waals surface area contributed by atoms with E-state index in [1.807, 2.05) is 0 Å². The van der Waals surface area contributed by atoms with E-state index in [0.717, 1.165) is 0 Å². The highest BCUT2D eigenvalue weighted by molar-refractivity contribution is 7.89. The Morgan fingerprint density at radius 1 is 1.22 bits per heavy atom.